The summed E-state index contributed by atoms with van der Waals surface area (Å²) >= 11 is 1.25. The van der Waals surface area contributed by atoms with Gasteiger partial charge in [-0.15, -0.1) is 0 Å². The Morgan fingerprint density at radius 1 is 1.28 bits per heavy atom. The van der Waals surface area contributed by atoms with Gasteiger partial charge in [-0.05, 0) is 25.0 Å². The van der Waals surface area contributed by atoms with E-state index in [-0.39, 0.29) is 11.2 Å². The molecule has 2 heterocycles. The summed E-state index contributed by atoms with van der Waals surface area (Å²) in [6.07, 6.45) is 0.850. The topological polar surface area (TPSA) is 49.0 Å². The minimum atomic E-state index is -0.937. The van der Waals surface area contributed by atoms with Crippen LogP contribution in [-0.4, -0.2) is 27.7 Å². The van der Waals surface area contributed by atoms with Gasteiger partial charge in [0.15, 0.2) is 16.8 Å². The zero-order valence-electron chi connectivity index (χ0n) is 13.4. The molecule has 1 aliphatic heterocycles. The number of hydrogen-bond donors (Lipinski definition) is 1. The van der Waals surface area contributed by atoms with E-state index in [0.717, 1.165) is 24.2 Å². The molecule has 1 aromatic heterocycles. The first-order valence-corrected chi connectivity index (χ1v) is 8.81. The molecule has 0 saturated carbocycles. The lowest BCUT2D eigenvalue weighted by atomic mass is 10.2. The summed E-state index contributed by atoms with van der Waals surface area (Å²) in [5.41, 5.74) is 2.87. The van der Waals surface area contributed by atoms with Gasteiger partial charge in [0.2, 0.25) is 5.91 Å². The largest absolute Gasteiger partial charge is 0.333 e. The molecule has 0 fully saturated rings. The van der Waals surface area contributed by atoms with Gasteiger partial charge in [-0.1, -0.05) is 30.0 Å². The second kappa shape index (κ2) is 6.15. The van der Waals surface area contributed by atoms with Gasteiger partial charge in [-0.2, -0.15) is 0 Å². The first-order chi connectivity index (χ1) is 12.0. The zero-order chi connectivity index (χ0) is 17.6. The van der Waals surface area contributed by atoms with Crippen molar-refractivity contribution in [3.05, 3.63) is 53.6 Å². The number of halogens is 2. The fourth-order valence-corrected chi connectivity index (χ4v) is 3.92. The minimum Gasteiger partial charge on any atom is -0.333 e. The maximum atomic E-state index is 13.3. The number of hydrogen-bond acceptors (Lipinski definition) is 3. The van der Waals surface area contributed by atoms with Crippen molar-refractivity contribution in [2.75, 3.05) is 11.4 Å². The molecule has 128 valence electrons. The van der Waals surface area contributed by atoms with Crippen molar-refractivity contribution in [3.63, 3.8) is 0 Å². The Kier molecular flexibility index (Phi) is 3.95. The van der Waals surface area contributed by atoms with Crippen LogP contribution in [0, 0.1) is 11.6 Å². The van der Waals surface area contributed by atoms with Crippen LogP contribution < -0.4 is 4.90 Å². The average Bonchev–Trinajstić information content (AvgIpc) is 3.18. The van der Waals surface area contributed by atoms with Crippen molar-refractivity contribution in [2.45, 2.75) is 23.8 Å². The van der Waals surface area contributed by atoms with E-state index in [1.54, 1.807) is 4.90 Å². The van der Waals surface area contributed by atoms with Gasteiger partial charge >= 0.3 is 0 Å². The number of benzene rings is 2. The third kappa shape index (κ3) is 2.89. The lowest BCUT2D eigenvalue weighted by Gasteiger charge is -2.20. The highest BCUT2D eigenvalue weighted by Gasteiger charge is 2.28. The van der Waals surface area contributed by atoms with Crippen LogP contribution in [0.5, 0.6) is 0 Å². The first-order valence-electron chi connectivity index (χ1n) is 7.93. The number of thioether (sulfide) groups is 1. The Labute approximate surface area is 147 Å². The van der Waals surface area contributed by atoms with E-state index in [1.807, 2.05) is 31.2 Å². The Bertz CT molecular complexity index is 933. The lowest BCUT2D eigenvalue weighted by Crippen LogP contribution is -2.35. The van der Waals surface area contributed by atoms with Gasteiger partial charge in [0.1, 0.15) is 0 Å². The van der Waals surface area contributed by atoms with Crippen molar-refractivity contribution in [1.29, 1.82) is 0 Å². The molecule has 0 bridgehead atoms. The van der Waals surface area contributed by atoms with E-state index in [1.165, 1.54) is 17.3 Å². The van der Waals surface area contributed by atoms with Crippen LogP contribution in [0.2, 0.25) is 0 Å². The molecule has 1 N–H and O–H groups in total. The van der Waals surface area contributed by atoms with Gasteiger partial charge < -0.3 is 9.88 Å². The molecule has 0 aliphatic carbocycles. The predicted molar refractivity (Wildman–Crippen MR) is 93.8 cm³/mol. The highest BCUT2D eigenvalue weighted by molar-refractivity contribution is 8.00. The number of fused-ring (bicyclic) bond motifs is 2. The maximum absolute atomic E-state index is 13.3. The molecule has 1 unspecified atom stereocenters. The van der Waals surface area contributed by atoms with E-state index in [9.17, 15) is 13.6 Å². The Morgan fingerprint density at radius 3 is 2.88 bits per heavy atom. The molecule has 1 amide bonds. The SMILES string of the molecule is CC(Sc1nc2cc(F)c(F)cc2[nH]1)C(=O)N1CCc2ccccc21. The lowest BCUT2D eigenvalue weighted by molar-refractivity contribution is -0.117. The first kappa shape index (κ1) is 16.1. The van der Waals surface area contributed by atoms with Gasteiger partial charge in [0.05, 0.1) is 16.3 Å². The van der Waals surface area contributed by atoms with Crippen LogP contribution in [-0.2, 0) is 11.2 Å². The number of aromatic amines is 1. The van der Waals surface area contributed by atoms with Crippen LogP contribution in [0.15, 0.2) is 41.6 Å². The molecular formula is C18H15F2N3OS. The number of carbonyl (C=O) groups excluding carboxylic acids is 1. The fraction of sp³-hybridized carbons (Fsp3) is 0.222. The minimum absolute atomic E-state index is 0.00670. The molecule has 3 aromatic rings. The average molecular weight is 359 g/mol. The van der Waals surface area contributed by atoms with Crippen LogP contribution in [0.25, 0.3) is 11.0 Å². The molecule has 2 aromatic carbocycles. The summed E-state index contributed by atoms with van der Waals surface area (Å²) in [5.74, 6) is -1.87. The standard InChI is InChI=1S/C18H15F2N3OS/c1-10(17(24)23-7-6-11-4-2-3-5-16(11)23)25-18-21-14-8-12(19)13(20)9-15(14)22-18/h2-5,8-10H,6-7H2,1H3,(H,21,22). The van der Waals surface area contributed by atoms with Gasteiger partial charge in [0, 0.05) is 24.4 Å². The summed E-state index contributed by atoms with van der Waals surface area (Å²) in [4.78, 5) is 21.7. The molecule has 4 nitrogen and oxygen atoms in total. The summed E-state index contributed by atoms with van der Waals surface area (Å²) in [5, 5.41) is 0.0924. The number of carbonyl (C=O) groups is 1. The van der Waals surface area contributed by atoms with E-state index < -0.39 is 11.6 Å². The normalized spacial score (nSPS) is 14.8. The third-order valence-electron chi connectivity index (χ3n) is 4.29. The van der Waals surface area contributed by atoms with Crippen molar-refractivity contribution in [2.24, 2.45) is 0 Å². The molecular weight excluding hydrogens is 344 g/mol. The van der Waals surface area contributed by atoms with E-state index in [4.69, 9.17) is 0 Å². The molecule has 7 heteroatoms. The van der Waals surface area contributed by atoms with Crippen molar-refractivity contribution in [3.8, 4) is 0 Å². The quantitative estimate of drug-likeness (QED) is 0.722. The highest BCUT2D eigenvalue weighted by atomic mass is 32.2. The maximum Gasteiger partial charge on any atom is 0.240 e. The highest BCUT2D eigenvalue weighted by Crippen LogP contribution is 2.31. The monoisotopic (exact) mass is 359 g/mol. The van der Waals surface area contributed by atoms with Crippen LogP contribution >= 0.6 is 11.8 Å². The Morgan fingerprint density at radius 2 is 2.04 bits per heavy atom. The molecule has 25 heavy (non-hydrogen) atoms. The van der Waals surface area contributed by atoms with Crippen molar-refractivity contribution >= 4 is 34.4 Å². The number of amides is 1. The van der Waals surface area contributed by atoms with Gasteiger partial charge in [0.25, 0.3) is 0 Å². The van der Waals surface area contributed by atoms with Crippen molar-refractivity contribution in [1.82, 2.24) is 9.97 Å². The van der Waals surface area contributed by atoms with Crippen LogP contribution in [0.4, 0.5) is 14.5 Å². The van der Waals surface area contributed by atoms with E-state index in [0.29, 0.717) is 22.7 Å². The second-order valence-electron chi connectivity index (χ2n) is 5.95. The zero-order valence-corrected chi connectivity index (χ0v) is 14.2. The molecule has 0 radical (unpaired) electrons. The number of rotatable bonds is 3. The predicted octanol–water partition coefficient (Wildman–Crippen LogP) is 3.91. The van der Waals surface area contributed by atoms with E-state index in [2.05, 4.69) is 9.97 Å². The van der Waals surface area contributed by atoms with Gasteiger partial charge in [-0.25, -0.2) is 13.8 Å². The number of nitrogens with zero attached hydrogens (tertiary/aromatic N) is 2. The molecule has 1 atom stereocenters. The number of nitrogens with one attached hydrogen (secondary N) is 1. The molecule has 0 saturated heterocycles. The van der Waals surface area contributed by atoms with E-state index >= 15 is 0 Å². The van der Waals surface area contributed by atoms with Crippen molar-refractivity contribution < 1.29 is 13.6 Å². The summed E-state index contributed by atoms with van der Waals surface area (Å²) in [6.45, 7) is 2.47. The Balaban J connectivity index is 1.54. The smallest absolute Gasteiger partial charge is 0.240 e. The van der Waals surface area contributed by atoms with Gasteiger partial charge in [-0.3, -0.25) is 4.79 Å². The number of imidazole rings is 1. The number of anilines is 1. The number of H-pyrrole nitrogens is 1. The summed E-state index contributed by atoms with van der Waals surface area (Å²) in [6, 6.07) is 9.99. The molecule has 0 spiro atoms. The third-order valence-corrected chi connectivity index (χ3v) is 5.26. The number of aromatic nitrogens is 2. The summed E-state index contributed by atoms with van der Waals surface area (Å²) < 4.78 is 26.6. The number of para-hydroxylation sites is 1. The Hall–Kier alpha value is -2.41. The molecule has 4 rings (SSSR count). The second-order valence-corrected chi connectivity index (χ2v) is 7.28. The molecule has 1 aliphatic rings. The van der Waals surface area contributed by atoms with Crippen LogP contribution in [0.3, 0.4) is 0 Å². The fourth-order valence-electron chi connectivity index (χ4n) is 3.04. The summed E-state index contributed by atoms with van der Waals surface area (Å²) in [7, 11) is 0. The van der Waals surface area contributed by atoms with Crippen LogP contribution in [0.1, 0.15) is 12.5 Å².